The number of nitrogens with one attached hydrogen (secondary N) is 1. The molecule has 0 aromatic heterocycles. The molecule has 1 unspecified atom stereocenters. The van der Waals surface area contributed by atoms with Crippen LogP contribution in [-0.2, 0) is 21.2 Å². The minimum absolute atomic E-state index is 0.0680. The van der Waals surface area contributed by atoms with Gasteiger partial charge < -0.3 is 10.0 Å². The molecule has 3 fully saturated rings. The highest BCUT2D eigenvalue weighted by molar-refractivity contribution is 7.88. The molecular weight excluding hydrogens is 462 g/mol. The molecule has 6 nitrogen and oxygen atoms in total. The Morgan fingerprint density at radius 2 is 1.88 bits per heavy atom. The number of sulfonamides is 1. The Balaban J connectivity index is 1.53. The Bertz CT molecular complexity index is 1210. The van der Waals surface area contributed by atoms with Crippen LogP contribution < -0.4 is 4.72 Å². The standard InChI is InChI=1S/C25H28F2N2O4S/c1-34(32,33)28-23-20(29(14-25(23)9-10-25)24(31)22(30)16-7-8-16)12-17-11-18(26)13-19(21(17)27)15-5-3-2-4-6-15/h2-6,11,13,16,20,22-23,28,30H,7-10,12,14H2,1H3/t20-,22?,23+/m0/s1. The van der Waals surface area contributed by atoms with Gasteiger partial charge in [-0.2, -0.15) is 0 Å². The number of rotatable bonds is 7. The molecule has 2 N–H and O–H groups in total. The van der Waals surface area contributed by atoms with Crippen molar-refractivity contribution < 1.29 is 27.1 Å². The summed E-state index contributed by atoms with van der Waals surface area (Å²) in [5, 5.41) is 10.5. The number of carbonyl (C=O) groups is 1. The first kappa shape index (κ1) is 23.4. The quantitative estimate of drug-likeness (QED) is 0.625. The minimum atomic E-state index is -3.62. The van der Waals surface area contributed by atoms with Gasteiger partial charge in [-0.1, -0.05) is 30.3 Å². The summed E-state index contributed by atoms with van der Waals surface area (Å²) < 4.78 is 57.3. The van der Waals surface area contributed by atoms with E-state index >= 15 is 4.39 Å². The second kappa shape index (κ2) is 8.39. The third kappa shape index (κ3) is 4.48. The molecule has 1 saturated heterocycles. The van der Waals surface area contributed by atoms with Gasteiger partial charge in [-0.3, -0.25) is 4.79 Å². The maximum atomic E-state index is 15.6. The monoisotopic (exact) mass is 490 g/mol. The fraction of sp³-hybridized carbons (Fsp3) is 0.480. The van der Waals surface area contributed by atoms with Crippen molar-refractivity contribution in [1.82, 2.24) is 9.62 Å². The second-order valence-corrected chi connectivity index (χ2v) is 11.8. The van der Waals surface area contributed by atoms with Gasteiger partial charge in [0.1, 0.15) is 17.7 Å². The summed E-state index contributed by atoms with van der Waals surface area (Å²) in [6, 6.07) is 9.49. The molecule has 1 spiro atoms. The lowest BCUT2D eigenvalue weighted by molar-refractivity contribution is -0.142. The zero-order valence-corrected chi connectivity index (χ0v) is 19.7. The summed E-state index contributed by atoms with van der Waals surface area (Å²) in [7, 11) is -3.62. The van der Waals surface area contributed by atoms with E-state index in [0.29, 0.717) is 5.56 Å². The van der Waals surface area contributed by atoms with Crippen LogP contribution in [0.15, 0.2) is 42.5 Å². The number of likely N-dealkylation sites (tertiary alicyclic amines) is 1. The smallest absolute Gasteiger partial charge is 0.252 e. The molecule has 2 aromatic carbocycles. The predicted molar refractivity (Wildman–Crippen MR) is 123 cm³/mol. The molecule has 2 aliphatic carbocycles. The largest absolute Gasteiger partial charge is 0.383 e. The number of amides is 1. The normalized spacial score (nSPS) is 24.4. The van der Waals surface area contributed by atoms with Gasteiger partial charge in [-0.25, -0.2) is 21.9 Å². The molecule has 1 aliphatic heterocycles. The van der Waals surface area contributed by atoms with Gasteiger partial charge in [-0.05, 0) is 61.3 Å². The van der Waals surface area contributed by atoms with Gasteiger partial charge in [0.25, 0.3) is 5.91 Å². The minimum Gasteiger partial charge on any atom is -0.383 e. The molecular formula is C25H28F2N2O4S. The van der Waals surface area contributed by atoms with Gasteiger partial charge in [0, 0.05) is 23.6 Å². The van der Waals surface area contributed by atoms with Gasteiger partial charge in [-0.15, -0.1) is 0 Å². The van der Waals surface area contributed by atoms with Crippen LogP contribution in [0.5, 0.6) is 0 Å². The van der Waals surface area contributed by atoms with Crippen LogP contribution in [-0.4, -0.2) is 55.3 Å². The summed E-state index contributed by atoms with van der Waals surface area (Å²) in [5.41, 5.74) is 0.256. The lowest BCUT2D eigenvalue weighted by atomic mass is 9.91. The van der Waals surface area contributed by atoms with Crippen molar-refractivity contribution >= 4 is 15.9 Å². The van der Waals surface area contributed by atoms with E-state index < -0.39 is 51.2 Å². The molecule has 0 radical (unpaired) electrons. The van der Waals surface area contributed by atoms with E-state index in [2.05, 4.69) is 4.72 Å². The van der Waals surface area contributed by atoms with Crippen molar-refractivity contribution in [3.8, 4) is 11.1 Å². The average Bonchev–Trinajstić information content (AvgIpc) is 3.70. The van der Waals surface area contributed by atoms with Gasteiger partial charge in [0.2, 0.25) is 10.0 Å². The molecule has 3 atom stereocenters. The number of hydrogen-bond acceptors (Lipinski definition) is 4. The van der Waals surface area contributed by atoms with E-state index in [4.69, 9.17) is 0 Å². The van der Waals surface area contributed by atoms with Gasteiger partial charge in [0.05, 0.1) is 12.3 Å². The van der Waals surface area contributed by atoms with Crippen molar-refractivity contribution in [2.75, 3.05) is 12.8 Å². The maximum absolute atomic E-state index is 15.6. The summed E-state index contributed by atoms with van der Waals surface area (Å²) in [6.45, 7) is 0.288. The van der Waals surface area contributed by atoms with Crippen LogP contribution in [0.3, 0.4) is 0 Å². The SMILES string of the molecule is CS(=O)(=O)N[C@@H]1[C@H](Cc2cc(F)cc(-c3ccccc3)c2F)N(C(=O)C(O)C2CC2)CC12CC2. The third-order valence-corrected chi connectivity index (χ3v) is 8.08. The molecule has 3 aliphatic rings. The number of aliphatic hydroxyl groups is 1. The van der Waals surface area contributed by atoms with Crippen molar-refractivity contribution in [1.29, 1.82) is 0 Å². The highest BCUT2D eigenvalue weighted by atomic mass is 32.2. The number of aliphatic hydroxyl groups excluding tert-OH is 1. The van der Waals surface area contributed by atoms with Crippen molar-refractivity contribution in [3.05, 3.63) is 59.7 Å². The number of halogens is 2. The number of benzene rings is 2. The molecule has 1 heterocycles. The number of nitrogens with zero attached hydrogens (tertiary/aromatic N) is 1. The Morgan fingerprint density at radius 3 is 2.47 bits per heavy atom. The van der Waals surface area contributed by atoms with E-state index in [1.807, 2.05) is 0 Å². The first-order valence-corrected chi connectivity index (χ1v) is 13.5. The van der Waals surface area contributed by atoms with Gasteiger partial charge in [0.15, 0.2) is 0 Å². The molecule has 5 rings (SSSR count). The lowest BCUT2D eigenvalue weighted by Crippen LogP contribution is -2.51. The molecule has 34 heavy (non-hydrogen) atoms. The Labute approximate surface area is 198 Å². The van der Waals surface area contributed by atoms with Crippen LogP contribution in [0.1, 0.15) is 31.2 Å². The summed E-state index contributed by atoms with van der Waals surface area (Å²) in [5.74, 6) is -1.77. The van der Waals surface area contributed by atoms with Crippen LogP contribution in [0.25, 0.3) is 11.1 Å². The van der Waals surface area contributed by atoms with E-state index in [-0.39, 0.29) is 30.0 Å². The predicted octanol–water partition coefficient (Wildman–Crippen LogP) is 2.85. The Kier molecular flexibility index (Phi) is 5.77. The summed E-state index contributed by atoms with van der Waals surface area (Å²) >= 11 is 0. The van der Waals surface area contributed by atoms with Crippen LogP contribution in [0.4, 0.5) is 8.78 Å². The molecule has 182 valence electrons. The van der Waals surface area contributed by atoms with Crippen molar-refractivity contribution in [2.45, 2.75) is 50.3 Å². The maximum Gasteiger partial charge on any atom is 0.252 e. The first-order chi connectivity index (χ1) is 16.1. The highest BCUT2D eigenvalue weighted by Gasteiger charge is 2.62. The molecule has 0 bridgehead atoms. The molecule has 2 aromatic rings. The van der Waals surface area contributed by atoms with Crippen LogP contribution in [0, 0.1) is 23.0 Å². The van der Waals surface area contributed by atoms with E-state index in [1.165, 1.54) is 4.90 Å². The molecule has 9 heteroatoms. The highest BCUT2D eigenvalue weighted by Crippen LogP contribution is 2.56. The second-order valence-electron chi connectivity index (χ2n) is 10.0. The first-order valence-electron chi connectivity index (χ1n) is 11.6. The van der Waals surface area contributed by atoms with Crippen LogP contribution in [0.2, 0.25) is 0 Å². The van der Waals surface area contributed by atoms with E-state index in [1.54, 1.807) is 30.3 Å². The lowest BCUT2D eigenvalue weighted by Gasteiger charge is -2.30. The van der Waals surface area contributed by atoms with Gasteiger partial charge >= 0.3 is 0 Å². The number of carbonyl (C=O) groups excluding carboxylic acids is 1. The Morgan fingerprint density at radius 1 is 1.21 bits per heavy atom. The zero-order valence-electron chi connectivity index (χ0n) is 18.9. The topological polar surface area (TPSA) is 86.7 Å². The third-order valence-electron chi connectivity index (χ3n) is 7.39. The van der Waals surface area contributed by atoms with E-state index in [0.717, 1.165) is 44.1 Å². The number of hydrogen-bond donors (Lipinski definition) is 2. The van der Waals surface area contributed by atoms with Crippen LogP contribution >= 0.6 is 0 Å². The average molecular weight is 491 g/mol. The van der Waals surface area contributed by atoms with E-state index in [9.17, 15) is 22.7 Å². The zero-order chi connectivity index (χ0) is 24.3. The molecule has 1 amide bonds. The van der Waals surface area contributed by atoms with Crippen molar-refractivity contribution in [3.63, 3.8) is 0 Å². The molecule has 2 saturated carbocycles. The fourth-order valence-corrected chi connectivity index (χ4v) is 6.18. The van der Waals surface area contributed by atoms with Crippen molar-refractivity contribution in [2.24, 2.45) is 11.3 Å². The Hall–Kier alpha value is -2.36. The summed E-state index contributed by atoms with van der Waals surface area (Å²) in [6.07, 6.45) is 2.80. The fourth-order valence-electron chi connectivity index (χ4n) is 5.31. The summed E-state index contributed by atoms with van der Waals surface area (Å²) in [4.78, 5) is 14.7.